The fraction of sp³-hybridized carbons (Fsp3) is 0.786. The summed E-state index contributed by atoms with van der Waals surface area (Å²) in [5, 5.41) is 7.84. The number of nitrogens with zero attached hydrogens (tertiary/aromatic N) is 2. The molecule has 0 aliphatic rings. The summed E-state index contributed by atoms with van der Waals surface area (Å²) >= 11 is 0. The van der Waals surface area contributed by atoms with Gasteiger partial charge < -0.3 is 10.1 Å². The lowest BCUT2D eigenvalue weighted by molar-refractivity contribution is 0.199. The summed E-state index contributed by atoms with van der Waals surface area (Å²) in [4.78, 5) is 0. The molecule has 0 amide bonds. The third-order valence-electron chi connectivity index (χ3n) is 3.27. The maximum Gasteiger partial charge on any atom is 0.0587 e. The highest BCUT2D eigenvalue weighted by Crippen LogP contribution is 2.12. The van der Waals surface area contributed by atoms with Crippen molar-refractivity contribution in [3.8, 4) is 0 Å². The predicted octanol–water partition coefficient (Wildman–Crippen LogP) is 2.36. The van der Waals surface area contributed by atoms with Gasteiger partial charge in [0.2, 0.25) is 0 Å². The minimum atomic E-state index is 0.697. The van der Waals surface area contributed by atoms with Crippen molar-refractivity contribution < 1.29 is 4.74 Å². The first-order valence-corrected chi connectivity index (χ1v) is 6.90. The van der Waals surface area contributed by atoms with E-state index >= 15 is 0 Å². The van der Waals surface area contributed by atoms with Crippen LogP contribution in [-0.2, 0) is 17.8 Å². The average molecular weight is 253 g/mol. The van der Waals surface area contributed by atoms with E-state index in [1.807, 2.05) is 6.20 Å². The second kappa shape index (κ2) is 8.27. The first kappa shape index (κ1) is 15.2. The van der Waals surface area contributed by atoms with Gasteiger partial charge in [-0.3, -0.25) is 4.68 Å². The van der Waals surface area contributed by atoms with Crippen molar-refractivity contribution in [2.45, 2.75) is 46.7 Å². The highest BCUT2D eigenvalue weighted by atomic mass is 16.5. The van der Waals surface area contributed by atoms with E-state index in [9.17, 15) is 0 Å². The van der Waals surface area contributed by atoms with Crippen molar-refractivity contribution >= 4 is 0 Å². The topological polar surface area (TPSA) is 39.1 Å². The standard InChI is InChI=1S/C14H27N3O/c1-5-6-12(2)11-17-13(3)14(10-16-17)9-15-7-8-18-4/h10,12,15H,5-9,11H2,1-4H3. The van der Waals surface area contributed by atoms with E-state index in [4.69, 9.17) is 4.74 Å². The molecular weight excluding hydrogens is 226 g/mol. The van der Waals surface area contributed by atoms with Crippen LogP contribution < -0.4 is 5.32 Å². The third kappa shape index (κ3) is 4.78. The molecule has 104 valence electrons. The van der Waals surface area contributed by atoms with Gasteiger partial charge >= 0.3 is 0 Å². The van der Waals surface area contributed by atoms with Gasteiger partial charge in [-0.1, -0.05) is 20.3 Å². The summed E-state index contributed by atoms with van der Waals surface area (Å²) in [6.07, 6.45) is 4.49. The van der Waals surface area contributed by atoms with Crippen LogP contribution >= 0.6 is 0 Å². The molecular formula is C14H27N3O. The number of hydrogen-bond acceptors (Lipinski definition) is 3. The fourth-order valence-corrected chi connectivity index (χ4v) is 2.12. The second-order valence-electron chi connectivity index (χ2n) is 5.00. The summed E-state index contributed by atoms with van der Waals surface area (Å²) < 4.78 is 7.14. The molecule has 4 heteroatoms. The van der Waals surface area contributed by atoms with Crippen LogP contribution in [-0.4, -0.2) is 30.0 Å². The Kier molecular flexibility index (Phi) is 6.98. The molecule has 1 unspecified atom stereocenters. The molecule has 18 heavy (non-hydrogen) atoms. The first-order chi connectivity index (χ1) is 8.69. The third-order valence-corrected chi connectivity index (χ3v) is 3.27. The Morgan fingerprint density at radius 2 is 2.28 bits per heavy atom. The number of methoxy groups -OCH3 is 1. The average Bonchev–Trinajstić information content (AvgIpc) is 2.67. The van der Waals surface area contributed by atoms with Crippen LogP contribution in [0, 0.1) is 12.8 Å². The number of hydrogen-bond donors (Lipinski definition) is 1. The lowest BCUT2D eigenvalue weighted by Gasteiger charge is -2.12. The number of aromatic nitrogens is 2. The molecule has 1 aromatic heterocycles. The number of ether oxygens (including phenoxy) is 1. The number of nitrogens with one attached hydrogen (secondary N) is 1. The van der Waals surface area contributed by atoms with Crippen molar-refractivity contribution in [2.24, 2.45) is 5.92 Å². The molecule has 0 aliphatic heterocycles. The maximum atomic E-state index is 5.01. The van der Waals surface area contributed by atoms with E-state index in [-0.39, 0.29) is 0 Å². The first-order valence-electron chi connectivity index (χ1n) is 6.90. The van der Waals surface area contributed by atoms with Gasteiger partial charge in [-0.2, -0.15) is 5.10 Å². The zero-order valence-corrected chi connectivity index (χ0v) is 12.2. The molecule has 1 atom stereocenters. The Morgan fingerprint density at radius 1 is 1.50 bits per heavy atom. The van der Waals surface area contributed by atoms with Crippen LogP contribution in [0.1, 0.15) is 37.9 Å². The molecule has 4 nitrogen and oxygen atoms in total. The minimum absolute atomic E-state index is 0.697. The van der Waals surface area contributed by atoms with Gasteiger partial charge in [0.15, 0.2) is 0 Å². The smallest absolute Gasteiger partial charge is 0.0587 e. The number of rotatable bonds is 9. The Labute approximate surface area is 111 Å². The normalized spacial score (nSPS) is 12.9. The summed E-state index contributed by atoms with van der Waals surface area (Å²) in [6, 6.07) is 0. The molecule has 0 saturated heterocycles. The van der Waals surface area contributed by atoms with Crippen molar-refractivity contribution in [3.05, 3.63) is 17.5 Å². The highest BCUT2D eigenvalue weighted by Gasteiger charge is 2.08. The van der Waals surface area contributed by atoms with Crippen LogP contribution in [0.3, 0.4) is 0 Å². The molecule has 1 rings (SSSR count). The van der Waals surface area contributed by atoms with Crippen molar-refractivity contribution in [1.29, 1.82) is 0 Å². The second-order valence-corrected chi connectivity index (χ2v) is 5.00. The van der Waals surface area contributed by atoms with E-state index in [0.29, 0.717) is 5.92 Å². The molecule has 0 fully saturated rings. The van der Waals surface area contributed by atoms with Gasteiger partial charge in [-0.25, -0.2) is 0 Å². The van der Waals surface area contributed by atoms with Gasteiger partial charge in [0.1, 0.15) is 0 Å². The van der Waals surface area contributed by atoms with Gasteiger partial charge in [-0.15, -0.1) is 0 Å². The summed E-state index contributed by atoms with van der Waals surface area (Å²) in [6.45, 7) is 10.2. The van der Waals surface area contributed by atoms with Crippen LogP contribution in [0.4, 0.5) is 0 Å². The van der Waals surface area contributed by atoms with E-state index in [0.717, 1.165) is 26.2 Å². The fourth-order valence-electron chi connectivity index (χ4n) is 2.12. The van der Waals surface area contributed by atoms with Crippen LogP contribution in [0.2, 0.25) is 0 Å². The molecule has 1 heterocycles. The molecule has 0 spiro atoms. The molecule has 1 N–H and O–H groups in total. The Bertz CT molecular complexity index is 336. The van der Waals surface area contributed by atoms with E-state index in [1.54, 1.807) is 7.11 Å². The molecule has 0 aliphatic carbocycles. The van der Waals surface area contributed by atoms with Gasteiger partial charge in [0, 0.05) is 38.0 Å². The van der Waals surface area contributed by atoms with Crippen LogP contribution in [0.25, 0.3) is 0 Å². The van der Waals surface area contributed by atoms with E-state index in [2.05, 4.69) is 35.9 Å². The minimum Gasteiger partial charge on any atom is -0.383 e. The molecule has 0 bridgehead atoms. The largest absolute Gasteiger partial charge is 0.383 e. The highest BCUT2D eigenvalue weighted by molar-refractivity contribution is 5.15. The van der Waals surface area contributed by atoms with Crippen molar-refractivity contribution in [3.63, 3.8) is 0 Å². The quantitative estimate of drug-likeness (QED) is 0.687. The SMILES string of the molecule is CCCC(C)Cn1ncc(CNCCOC)c1C. The van der Waals surface area contributed by atoms with Crippen molar-refractivity contribution in [1.82, 2.24) is 15.1 Å². The van der Waals surface area contributed by atoms with E-state index in [1.165, 1.54) is 24.1 Å². The molecule has 0 saturated carbocycles. The van der Waals surface area contributed by atoms with Gasteiger partial charge in [-0.05, 0) is 19.3 Å². The van der Waals surface area contributed by atoms with Crippen LogP contribution in [0.15, 0.2) is 6.20 Å². The van der Waals surface area contributed by atoms with Gasteiger partial charge in [0.25, 0.3) is 0 Å². The summed E-state index contributed by atoms with van der Waals surface area (Å²) in [7, 11) is 1.72. The zero-order chi connectivity index (χ0) is 13.4. The zero-order valence-electron chi connectivity index (χ0n) is 12.2. The Balaban J connectivity index is 2.44. The maximum absolute atomic E-state index is 5.01. The van der Waals surface area contributed by atoms with E-state index < -0.39 is 0 Å². The summed E-state index contributed by atoms with van der Waals surface area (Å²) in [5.74, 6) is 0.697. The summed E-state index contributed by atoms with van der Waals surface area (Å²) in [5.41, 5.74) is 2.57. The lowest BCUT2D eigenvalue weighted by atomic mass is 10.1. The Morgan fingerprint density at radius 3 is 2.94 bits per heavy atom. The molecule has 1 aromatic rings. The molecule has 0 aromatic carbocycles. The lowest BCUT2D eigenvalue weighted by Crippen LogP contribution is -2.19. The monoisotopic (exact) mass is 253 g/mol. The van der Waals surface area contributed by atoms with Crippen LogP contribution in [0.5, 0.6) is 0 Å². The molecule has 0 radical (unpaired) electrons. The van der Waals surface area contributed by atoms with Crippen molar-refractivity contribution in [2.75, 3.05) is 20.3 Å². The Hall–Kier alpha value is -0.870. The predicted molar refractivity (Wildman–Crippen MR) is 74.6 cm³/mol. The van der Waals surface area contributed by atoms with Gasteiger partial charge in [0.05, 0.1) is 12.8 Å².